The first-order valence-electron chi connectivity index (χ1n) is 15.6. The van der Waals surface area contributed by atoms with Crippen molar-refractivity contribution in [3.05, 3.63) is 157 Å². The number of furan rings is 2. The first-order chi connectivity index (χ1) is 23.3. The molecule has 0 spiro atoms. The molecule has 4 heteroatoms. The van der Waals surface area contributed by atoms with Gasteiger partial charge in [0.25, 0.3) is 0 Å². The van der Waals surface area contributed by atoms with E-state index in [4.69, 9.17) is 15.4 Å². The zero-order chi connectivity index (χ0) is 31.1. The molecule has 7 aromatic carbocycles. The van der Waals surface area contributed by atoms with Crippen molar-refractivity contribution in [3.63, 3.8) is 0 Å². The van der Waals surface area contributed by atoms with Crippen molar-refractivity contribution in [1.29, 1.82) is 0 Å². The van der Waals surface area contributed by atoms with Crippen LogP contribution in [0.25, 0.3) is 98.5 Å². The molecule has 3 aromatic heterocycles. The van der Waals surface area contributed by atoms with Gasteiger partial charge in [0.15, 0.2) is 5.58 Å². The molecule has 0 unspecified atom stereocenters. The number of aromatic nitrogens is 1. The van der Waals surface area contributed by atoms with Crippen LogP contribution in [-0.4, -0.2) is 4.57 Å². The lowest BCUT2D eigenvalue weighted by Crippen LogP contribution is -1.94. The fourth-order valence-electron chi connectivity index (χ4n) is 7.31. The molecule has 0 aliphatic heterocycles. The van der Waals surface area contributed by atoms with Crippen molar-refractivity contribution in [2.75, 3.05) is 0 Å². The SMILES string of the molecule is [C-]#[N+]c1ccc(-c2ccc3c(c2)oc2ccccc23)c2c1oc1c(-n3c4ccccc4c4ccc(-c5ccccc5)cc43)cccc12. The standard InChI is InChI=1S/C43H24N2O2/c1-44-35-23-22-29(28-19-21-33-32-13-6-8-17-39(32)46-40(33)25-28)41-34-14-9-16-37(42(34)47-43(35)41)45-36-15-7-5-12-30(36)31-20-18-27(24-38(31)45)26-10-3-2-4-11-26/h2-25H. The van der Waals surface area contributed by atoms with Gasteiger partial charge in [-0.1, -0.05) is 109 Å². The molecule has 0 N–H and O–H groups in total. The van der Waals surface area contributed by atoms with Crippen molar-refractivity contribution in [1.82, 2.24) is 4.57 Å². The number of benzene rings is 7. The summed E-state index contributed by atoms with van der Waals surface area (Å²) in [6.07, 6.45) is 0. The van der Waals surface area contributed by atoms with Gasteiger partial charge in [-0.2, -0.15) is 0 Å². The maximum atomic E-state index is 8.00. The van der Waals surface area contributed by atoms with E-state index in [1.165, 1.54) is 16.3 Å². The number of hydrogen-bond acceptors (Lipinski definition) is 2. The molecule has 0 atom stereocenters. The molecule has 0 saturated heterocycles. The Kier molecular flexibility index (Phi) is 5.32. The summed E-state index contributed by atoms with van der Waals surface area (Å²) < 4.78 is 15.3. The second-order valence-corrected chi connectivity index (χ2v) is 12.0. The zero-order valence-corrected chi connectivity index (χ0v) is 25.1. The van der Waals surface area contributed by atoms with Crippen LogP contribution in [0.4, 0.5) is 5.69 Å². The van der Waals surface area contributed by atoms with Gasteiger partial charge in [0.05, 0.1) is 23.3 Å². The number of para-hydroxylation sites is 3. The fourth-order valence-corrected chi connectivity index (χ4v) is 7.31. The molecular formula is C43H24N2O2. The molecule has 10 aromatic rings. The average molecular weight is 601 g/mol. The second kappa shape index (κ2) is 9.71. The van der Waals surface area contributed by atoms with E-state index in [2.05, 4.69) is 119 Å². The van der Waals surface area contributed by atoms with Crippen LogP contribution < -0.4 is 0 Å². The highest BCUT2D eigenvalue weighted by atomic mass is 16.3. The van der Waals surface area contributed by atoms with E-state index in [1.807, 2.05) is 36.4 Å². The van der Waals surface area contributed by atoms with Crippen molar-refractivity contribution >= 4 is 71.4 Å². The van der Waals surface area contributed by atoms with E-state index in [9.17, 15) is 0 Å². The molecule has 0 amide bonds. The normalized spacial score (nSPS) is 11.8. The predicted molar refractivity (Wildman–Crippen MR) is 192 cm³/mol. The molecule has 0 fully saturated rings. The molecule has 0 aliphatic rings. The van der Waals surface area contributed by atoms with Crippen molar-refractivity contribution < 1.29 is 8.83 Å². The summed E-state index contributed by atoms with van der Waals surface area (Å²) in [6, 6.07) is 50.4. The highest BCUT2D eigenvalue weighted by Gasteiger charge is 2.22. The number of nitrogens with zero attached hydrogens (tertiary/aromatic N) is 2. The van der Waals surface area contributed by atoms with E-state index < -0.39 is 0 Å². The Morgan fingerprint density at radius 1 is 0.468 bits per heavy atom. The first-order valence-corrected chi connectivity index (χ1v) is 15.6. The van der Waals surface area contributed by atoms with Crippen LogP contribution in [0.2, 0.25) is 0 Å². The van der Waals surface area contributed by atoms with Crippen LogP contribution in [0.15, 0.2) is 154 Å². The van der Waals surface area contributed by atoms with E-state index in [0.29, 0.717) is 11.3 Å². The highest BCUT2D eigenvalue weighted by molar-refractivity contribution is 6.19. The Hall–Kier alpha value is -6.57. The Balaban J connectivity index is 1.27. The van der Waals surface area contributed by atoms with Gasteiger partial charge in [0.1, 0.15) is 16.7 Å². The maximum absolute atomic E-state index is 8.00. The third-order valence-corrected chi connectivity index (χ3v) is 9.44. The molecule has 0 radical (unpaired) electrons. The molecule has 0 bridgehead atoms. The van der Waals surface area contributed by atoms with E-state index in [0.717, 1.165) is 71.7 Å². The number of hydrogen-bond donors (Lipinski definition) is 0. The van der Waals surface area contributed by atoms with E-state index in [-0.39, 0.29) is 0 Å². The summed E-state index contributed by atoms with van der Waals surface area (Å²) in [7, 11) is 0. The quantitative estimate of drug-likeness (QED) is 0.189. The monoisotopic (exact) mass is 600 g/mol. The molecule has 0 aliphatic carbocycles. The molecule has 3 heterocycles. The Morgan fingerprint density at radius 2 is 1.19 bits per heavy atom. The summed E-state index contributed by atoms with van der Waals surface area (Å²) in [4.78, 5) is 3.88. The lowest BCUT2D eigenvalue weighted by molar-refractivity contribution is 0.668. The predicted octanol–water partition coefficient (Wildman–Crippen LogP) is 12.5. The minimum Gasteiger partial charge on any atom is -0.465 e. The number of fused-ring (bicyclic) bond motifs is 9. The Morgan fingerprint density at radius 3 is 2.09 bits per heavy atom. The topological polar surface area (TPSA) is 35.6 Å². The second-order valence-electron chi connectivity index (χ2n) is 12.0. The molecule has 4 nitrogen and oxygen atoms in total. The van der Waals surface area contributed by atoms with Gasteiger partial charge in [-0.05, 0) is 58.7 Å². The minimum absolute atomic E-state index is 0.490. The Labute approximate surface area is 269 Å². The van der Waals surface area contributed by atoms with E-state index >= 15 is 0 Å². The molecule has 47 heavy (non-hydrogen) atoms. The molecule has 218 valence electrons. The smallest absolute Gasteiger partial charge is 0.229 e. The van der Waals surface area contributed by atoms with Crippen molar-refractivity contribution in [2.45, 2.75) is 0 Å². The lowest BCUT2D eigenvalue weighted by atomic mass is 9.97. The third kappa shape index (κ3) is 3.69. The van der Waals surface area contributed by atoms with Gasteiger partial charge < -0.3 is 13.4 Å². The molecular weight excluding hydrogens is 576 g/mol. The van der Waals surface area contributed by atoms with Crippen LogP contribution in [-0.2, 0) is 0 Å². The summed E-state index contributed by atoms with van der Waals surface area (Å²) >= 11 is 0. The van der Waals surface area contributed by atoms with Crippen molar-refractivity contribution in [3.8, 4) is 27.9 Å². The Bertz CT molecular complexity index is 2920. The maximum Gasteiger partial charge on any atom is 0.229 e. The molecule has 10 rings (SSSR count). The lowest BCUT2D eigenvalue weighted by Gasteiger charge is -2.10. The van der Waals surface area contributed by atoms with Crippen molar-refractivity contribution in [2.24, 2.45) is 0 Å². The van der Waals surface area contributed by atoms with Gasteiger partial charge in [-0.3, -0.25) is 0 Å². The van der Waals surface area contributed by atoms with Crippen LogP contribution in [0.5, 0.6) is 0 Å². The molecule has 0 saturated carbocycles. The van der Waals surface area contributed by atoms with Crippen LogP contribution in [0.1, 0.15) is 0 Å². The van der Waals surface area contributed by atoms with Gasteiger partial charge in [-0.25, -0.2) is 4.85 Å². The zero-order valence-electron chi connectivity index (χ0n) is 25.1. The van der Waals surface area contributed by atoms with E-state index in [1.54, 1.807) is 0 Å². The summed E-state index contributed by atoms with van der Waals surface area (Å²) in [6.45, 7) is 8.00. The van der Waals surface area contributed by atoms with Crippen LogP contribution >= 0.6 is 0 Å². The summed E-state index contributed by atoms with van der Waals surface area (Å²) in [5, 5.41) is 6.43. The first kappa shape index (κ1) is 25.7. The number of rotatable bonds is 3. The van der Waals surface area contributed by atoms with Gasteiger partial charge in [-0.15, -0.1) is 0 Å². The minimum atomic E-state index is 0.490. The van der Waals surface area contributed by atoms with Gasteiger partial charge >= 0.3 is 0 Å². The fraction of sp³-hybridized carbons (Fsp3) is 0. The van der Waals surface area contributed by atoms with Crippen LogP contribution in [0.3, 0.4) is 0 Å². The largest absolute Gasteiger partial charge is 0.465 e. The summed E-state index contributed by atoms with van der Waals surface area (Å²) in [5.74, 6) is 0. The summed E-state index contributed by atoms with van der Waals surface area (Å²) in [5.41, 5.74) is 11.0. The average Bonchev–Trinajstić information content (AvgIpc) is 3.81. The van der Waals surface area contributed by atoms with Crippen LogP contribution in [0, 0.1) is 6.57 Å². The van der Waals surface area contributed by atoms with Gasteiger partial charge in [0.2, 0.25) is 5.69 Å². The van der Waals surface area contributed by atoms with Gasteiger partial charge in [0, 0.05) is 32.3 Å². The third-order valence-electron chi connectivity index (χ3n) is 9.44. The highest BCUT2D eigenvalue weighted by Crippen LogP contribution is 2.45.